The molecule has 0 bridgehead atoms. The Morgan fingerprint density at radius 1 is 0.848 bits per heavy atom. The largest absolute Gasteiger partial charge is 0.457 e. The lowest BCUT2D eigenvalue weighted by atomic mass is 10.1. The van der Waals surface area contributed by atoms with Crippen LogP contribution in [-0.2, 0) is 26.2 Å². The van der Waals surface area contributed by atoms with Crippen molar-refractivity contribution in [3.05, 3.63) is 118 Å². The van der Waals surface area contributed by atoms with Gasteiger partial charge in [-0.15, -0.1) is 0 Å². The molecule has 1 atom stereocenters. The summed E-state index contributed by atoms with van der Waals surface area (Å²) in [5.74, 6) is 0.197. The zero-order chi connectivity index (χ0) is 33.4. The molecule has 0 saturated heterocycles. The molecule has 0 fully saturated rings. The molecule has 8 nitrogen and oxygen atoms in total. The van der Waals surface area contributed by atoms with Crippen molar-refractivity contribution in [3.8, 4) is 11.5 Å². The zero-order valence-electron chi connectivity index (χ0n) is 26.1. The lowest BCUT2D eigenvalue weighted by Crippen LogP contribution is -2.53. The highest BCUT2D eigenvalue weighted by molar-refractivity contribution is 7.92. The van der Waals surface area contributed by atoms with Crippen LogP contribution in [0, 0.1) is 6.92 Å². The van der Waals surface area contributed by atoms with Crippen LogP contribution < -0.4 is 14.4 Å². The van der Waals surface area contributed by atoms with Gasteiger partial charge in [0.25, 0.3) is 10.0 Å². The van der Waals surface area contributed by atoms with Gasteiger partial charge in [0.05, 0.1) is 20.6 Å². The first-order valence-electron chi connectivity index (χ1n) is 14.8. The molecule has 0 aliphatic rings. The van der Waals surface area contributed by atoms with Crippen LogP contribution in [0.5, 0.6) is 11.5 Å². The molecule has 4 aromatic carbocycles. The van der Waals surface area contributed by atoms with E-state index in [-0.39, 0.29) is 29.1 Å². The van der Waals surface area contributed by atoms with Gasteiger partial charge in [0.1, 0.15) is 24.1 Å². The number of nitrogens with zero attached hydrogens (tertiary/aromatic N) is 2. The molecule has 0 aromatic heterocycles. The number of carbonyl (C=O) groups excluding carboxylic acids is 2. The van der Waals surface area contributed by atoms with Crippen LogP contribution in [-0.4, -0.2) is 43.8 Å². The molecule has 0 aliphatic carbocycles. The van der Waals surface area contributed by atoms with E-state index in [2.05, 4.69) is 5.32 Å². The van der Waals surface area contributed by atoms with Crippen molar-refractivity contribution in [2.45, 2.75) is 57.6 Å². The van der Waals surface area contributed by atoms with Crippen LogP contribution in [0.1, 0.15) is 38.3 Å². The average Bonchev–Trinajstić information content (AvgIpc) is 3.02. The molecule has 2 amide bonds. The first kappa shape index (κ1) is 34.8. The number of ether oxygens (including phenoxy) is 1. The number of hydrogen-bond donors (Lipinski definition) is 1. The minimum atomic E-state index is -4.22. The van der Waals surface area contributed by atoms with Gasteiger partial charge in [0.2, 0.25) is 11.8 Å². The molecule has 4 rings (SSSR count). The number of aryl methyl sites for hydroxylation is 1. The summed E-state index contributed by atoms with van der Waals surface area (Å²) in [5.41, 5.74) is 1.77. The molecule has 0 radical (unpaired) electrons. The summed E-state index contributed by atoms with van der Waals surface area (Å²) in [5, 5.41) is 3.53. The lowest BCUT2D eigenvalue weighted by molar-refractivity contribution is -0.140. The van der Waals surface area contributed by atoms with E-state index in [0.29, 0.717) is 33.5 Å². The molecule has 0 unspecified atom stereocenters. The van der Waals surface area contributed by atoms with Gasteiger partial charge in [-0.05, 0) is 93.4 Å². The third-order valence-corrected chi connectivity index (χ3v) is 9.67. The minimum absolute atomic E-state index is 0.00200. The van der Waals surface area contributed by atoms with E-state index in [9.17, 15) is 18.0 Å². The highest BCUT2D eigenvalue weighted by atomic mass is 35.5. The second-order valence-corrected chi connectivity index (χ2v) is 13.8. The molecule has 4 aromatic rings. The third kappa shape index (κ3) is 8.81. The van der Waals surface area contributed by atoms with E-state index in [0.717, 1.165) is 9.87 Å². The van der Waals surface area contributed by atoms with E-state index in [1.165, 1.54) is 17.0 Å². The van der Waals surface area contributed by atoms with Gasteiger partial charge in [0, 0.05) is 12.6 Å². The van der Waals surface area contributed by atoms with Crippen molar-refractivity contribution in [1.29, 1.82) is 0 Å². The molecule has 46 heavy (non-hydrogen) atoms. The van der Waals surface area contributed by atoms with Gasteiger partial charge in [-0.2, -0.15) is 0 Å². The number of amides is 2. The first-order valence-corrected chi connectivity index (χ1v) is 17.0. The first-order chi connectivity index (χ1) is 21.9. The summed E-state index contributed by atoms with van der Waals surface area (Å²) in [6.45, 7) is 6.75. The summed E-state index contributed by atoms with van der Waals surface area (Å²) in [4.78, 5) is 29.0. The van der Waals surface area contributed by atoms with Gasteiger partial charge in [-0.1, -0.05) is 72.1 Å². The number of hydrogen-bond acceptors (Lipinski definition) is 5. The van der Waals surface area contributed by atoms with Crippen LogP contribution in [0.4, 0.5) is 5.69 Å². The van der Waals surface area contributed by atoms with Gasteiger partial charge in [0.15, 0.2) is 0 Å². The molecule has 242 valence electrons. The molecule has 11 heteroatoms. The Morgan fingerprint density at radius 2 is 1.48 bits per heavy atom. The predicted molar refractivity (Wildman–Crippen MR) is 183 cm³/mol. The van der Waals surface area contributed by atoms with Crippen molar-refractivity contribution in [2.24, 2.45) is 0 Å². The van der Waals surface area contributed by atoms with E-state index in [1.807, 2.05) is 51.1 Å². The SMILES string of the molecule is CC[C@H](C(=O)NC(C)C)N(Cc1ccc(Cl)c(Cl)c1)C(=O)CN(c1ccc(Oc2ccccc2)cc1)S(=O)(=O)c1ccc(C)cc1. The van der Waals surface area contributed by atoms with Crippen molar-refractivity contribution in [3.63, 3.8) is 0 Å². The van der Waals surface area contributed by atoms with Crippen LogP contribution in [0.2, 0.25) is 10.0 Å². The number of rotatable bonds is 13. The lowest BCUT2D eigenvalue weighted by Gasteiger charge is -2.33. The Hall–Kier alpha value is -4.05. The molecule has 0 heterocycles. The fourth-order valence-corrected chi connectivity index (χ4v) is 6.54. The van der Waals surface area contributed by atoms with Gasteiger partial charge in [-0.3, -0.25) is 13.9 Å². The van der Waals surface area contributed by atoms with Crippen LogP contribution in [0.3, 0.4) is 0 Å². The normalized spacial score (nSPS) is 12.0. The number of anilines is 1. The average molecular weight is 683 g/mol. The Kier molecular flexibility index (Phi) is 11.7. The summed E-state index contributed by atoms with van der Waals surface area (Å²) in [7, 11) is -4.22. The maximum Gasteiger partial charge on any atom is 0.264 e. The predicted octanol–water partition coefficient (Wildman–Crippen LogP) is 7.62. The van der Waals surface area contributed by atoms with Crippen LogP contribution in [0.25, 0.3) is 0 Å². The minimum Gasteiger partial charge on any atom is -0.457 e. The number of nitrogens with one attached hydrogen (secondary N) is 1. The molecular weight excluding hydrogens is 645 g/mol. The molecule has 1 N–H and O–H groups in total. The monoisotopic (exact) mass is 681 g/mol. The smallest absolute Gasteiger partial charge is 0.264 e. The fraction of sp³-hybridized carbons (Fsp3) is 0.257. The van der Waals surface area contributed by atoms with Crippen molar-refractivity contribution in [1.82, 2.24) is 10.2 Å². The summed E-state index contributed by atoms with van der Waals surface area (Å²) in [6, 6.07) is 26.0. The topological polar surface area (TPSA) is 96.0 Å². The maximum absolute atomic E-state index is 14.3. The Bertz CT molecular complexity index is 1750. The maximum atomic E-state index is 14.3. The van der Waals surface area contributed by atoms with Crippen molar-refractivity contribution >= 4 is 50.7 Å². The number of benzene rings is 4. The van der Waals surface area contributed by atoms with Crippen molar-refractivity contribution in [2.75, 3.05) is 10.8 Å². The quantitative estimate of drug-likeness (QED) is 0.157. The van der Waals surface area contributed by atoms with Crippen LogP contribution >= 0.6 is 23.2 Å². The highest BCUT2D eigenvalue weighted by Gasteiger charge is 2.34. The Labute approximate surface area is 280 Å². The number of para-hydroxylation sites is 1. The molecular formula is C35H37Cl2N3O5S. The van der Waals surface area contributed by atoms with E-state index in [1.54, 1.807) is 61.5 Å². The van der Waals surface area contributed by atoms with E-state index >= 15 is 0 Å². The summed E-state index contributed by atoms with van der Waals surface area (Å²) >= 11 is 12.4. The highest BCUT2D eigenvalue weighted by Crippen LogP contribution is 2.29. The van der Waals surface area contributed by atoms with E-state index in [4.69, 9.17) is 27.9 Å². The zero-order valence-corrected chi connectivity index (χ0v) is 28.4. The Balaban J connectivity index is 1.74. The second kappa shape index (κ2) is 15.5. The van der Waals surface area contributed by atoms with Crippen molar-refractivity contribution < 1.29 is 22.7 Å². The number of sulfonamides is 1. The van der Waals surface area contributed by atoms with Gasteiger partial charge >= 0.3 is 0 Å². The molecule has 0 spiro atoms. The van der Waals surface area contributed by atoms with E-state index < -0.39 is 28.5 Å². The molecule has 0 saturated carbocycles. The third-order valence-electron chi connectivity index (χ3n) is 7.15. The standard InChI is InChI=1S/C35H37Cl2N3O5S/c1-5-33(35(42)38-24(2)3)39(22-26-13-20-31(36)32(37)21-26)34(41)23-40(46(43,44)30-18-11-25(4)12-19-30)27-14-16-29(17-15-27)45-28-9-7-6-8-10-28/h6-21,24,33H,5,22-23H2,1-4H3,(H,38,42)/t33-/m1/s1. The number of halogens is 2. The fourth-order valence-electron chi connectivity index (χ4n) is 4.81. The van der Waals surface area contributed by atoms with Gasteiger partial charge < -0.3 is 15.0 Å². The second-order valence-electron chi connectivity index (χ2n) is 11.1. The number of carbonyl (C=O) groups is 2. The Morgan fingerprint density at radius 3 is 2.07 bits per heavy atom. The molecule has 0 aliphatic heterocycles. The van der Waals surface area contributed by atoms with Crippen LogP contribution in [0.15, 0.2) is 102 Å². The summed E-state index contributed by atoms with van der Waals surface area (Å²) < 4.78 is 35.3. The summed E-state index contributed by atoms with van der Waals surface area (Å²) in [6.07, 6.45) is 0.294. The van der Waals surface area contributed by atoms with Gasteiger partial charge in [-0.25, -0.2) is 8.42 Å².